The van der Waals surface area contributed by atoms with Crippen LogP contribution in [0, 0.1) is 3.57 Å². The Labute approximate surface area is 101 Å². The Balaban J connectivity index is 3.09. The molecule has 1 aromatic heterocycles. The topological polar surface area (TPSA) is 25.8 Å². The quantitative estimate of drug-likeness (QED) is 0.482. The van der Waals surface area contributed by atoms with Crippen molar-refractivity contribution in [2.45, 2.75) is 25.6 Å². The minimum atomic E-state index is 0.313. The number of aromatic nitrogens is 2. The zero-order valence-electron chi connectivity index (χ0n) is 7.15. The zero-order valence-corrected chi connectivity index (χ0v) is 10.8. The van der Waals surface area contributed by atoms with Gasteiger partial charge in [-0.3, -0.25) is 0 Å². The maximum atomic E-state index is 5.92. The summed E-state index contributed by atoms with van der Waals surface area (Å²) in [5.74, 6) is 0.920. The van der Waals surface area contributed by atoms with Crippen LogP contribution < -0.4 is 0 Å². The molecule has 72 valence electrons. The monoisotopic (exact) mass is 330 g/mol. The largest absolute Gasteiger partial charge is 0.235 e. The van der Waals surface area contributed by atoms with Crippen LogP contribution in [-0.2, 0) is 12.3 Å². The Hall–Kier alpha value is 0.390. The lowest BCUT2D eigenvalue weighted by atomic mass is 10.2. The summed E-state index contributed by atoms with van der Waals surface area (Å²) in [6.07, 6.45) is 1.97. The highest BCUT2D eigenvalue weighted by atomic mass is 127. The van der Waals surface area contributed by atoms with E-state index in [1.165, 1.54) is 0 Å². The molecule has 0 saturated carbocycles. The average Bonchev–Trinajstić information content (AvgIpc) is 2.13. The van der Waals surface area contributed by atoms with Gasteiger partial charge >= 0.3 is 0 Å². The van der Waals surface area contributed by atoms with E-state index in [2.05, 4.69) is 39.5 Å². The van der Waals surface area contributed by atoms with Gasteiger partial charge in [-0.1, -0.05) is 24.9 Å². The lowest BCUT2D eigenvalue weighted by Gasteiger charge is -2.05. The second-order valence-corrected chi connectivity index (χ2v) is 4.28. The third-order valence-electron chi connectivity index (χ3n) is 1.53. The Morgan fingerprint density at radius 1 is 1.38 bits per heavy atom. The molecule has 0 amide bonds. The van der Waals surface area contributed by atoms with E-state index in [9.17, 15) is 0 Å². The molecule has 1 rings (SSSR count). The van der Waals surface area contributed by atoms with Gasteiger partial charge in [0.25, 0.3) is 0 Å². The van der Waals surface area contributed by atoms with Gasteiger partial charge in [0.1, 0.15) is 11.0 Å². The Kier molecular flexibility index (Phi) is 4.69. The SMILES string of the molecule is CCCc1nc(CCl)nc(Cl)c1I. The second-order valence-electron chi connectivity index (χ2n) is 2.57. The van der Waals surface area contributed by atoms with Crippen molar-refractivity contribution in [1.29, 1.82) is 0 Å². The fraction of sp³-hybridized carbons (Fsp3) is 0.500. The fourth-order valence-electron chi connectivity index (χ4n) is 0.974. The summed E-state index contributed by atoms with van der Waals surface area (Å²) in [6.45, 7) is 2.10. The molecule has 0 saturated heterocycles. The smallest absolute Gasteiger partial charge is 0.146 e. The van der Waals surface area contributed by atoms with Gasteiger partial charge in [0.15, 0.2) is 0 Å². The highest BCUT2D eigenvalue weighted by molar-refractivity contribution is 14.1. The highest BCUT2D eigenvalue weighted by Crippen LogP contribution is 2.20. The van der Waals surface area contributed by atoms with Crippen LogP contribution in [0.15, 0.2) is 0 Å². The average molecular weight is 331 g/mol. The van der Waals surface area contributed by atoms with Gasteiger partial charge in [0.05, 0.1) is 15.1 Å². The molecule has 0 N–H and O–H groups in total. The first-order chi connectivity index (χ1) is 6.19. The summed E-state index contributed by atoms with van der Waals surface area (Å²) in [7, 11) is 0. The Bertz CT molecular complexity index is 304. The molecule has 0 aliphatic carbocycles. The molecule has 13 heavy (non-hydrogen) atoms. The predicted octanol–water partition coefficient (Wildman–Crippen LogP) is 3.43. The van der Waals surface area contributed by atoms with Gasteiger partial charge in [0, 0.05) is 0 Å². The van der Waals surface area contributed by atoms with Crippen molar-refractivity contribution < 1.29 is 0 Å². The molecule has 0 aliphatic rings. The van der Waals surface area contributed by atoms with E-state index >= 15 is 0 Å². The first-order valence-electron chi connectivity index (χ1n) is 3.95. The normalized spacial score (nSPS) is 10.5. The molecular formula is C8H9Cl2IN2. The summed E-state index contributed by atoms with van der Waals surface area (Å²) < 4.78 is 0.940. The molecule has 1 aromatic rings. The number of rotatable bonds is 3. The summed E-state index contributed by atoms with van der Waals surface area (Å²) in [5, 5.41) is 0.509. The second kappa shape index (κ2) is 5.32. The zero-order chi connectivity index (χ0) is 9.84. The van der Waals surface area contributed by atoms with Crippen molar-refractivity contribution in [3.05, 3.63) is 20.2 Å². The number of aryl methyl sites for hydroxylation is 1. The van der Waals surface area contributed by atoms with Gasteiger partial charge in [0.2, 0.25) is 0 Å². The van der Waals surface area contributed by atoms with E-state index in [1.54, 1.807) is 0 Å². The minimum absolute atomic E-state index is 0.313. The van der Waals surface area contributed by atoms with Gasteiger partial charge < -0.3 is 0 Å². The summed E-state index contributed by atoms with van der Waals surface area (Å²) >= 11 is 13.7. The van der Waals surface area contributed by atoms with Crippen LogP contribution in [0.2, 0.25) is 5.15 Å². The third-order valence-corrected chi connectivity index (χ3v) is 3.50. The van der Waals surface area contributed by atoms with Crippen LogP contribution in [0.1, 0.15) is 24.9 Å². The van der Waals surface area contributed by atoms with Crippen molar-refractivity contribution in [1.82, 2.24) is 9.97 Å². The summed E-state index contributed by atoms with van der Waals surface area (Å²) in [4.78, 5) is 8.36. The molecule has 5 heteroatoms. The van der Waals surface area contributed by atoms with Crippen molar-refractivity contribution in [3.63, 3.8) is 0 Å². The van der Waals surface area contributed by atoms with Crippen LogP contribution in [0.5, 0.6) is 0 Å². The summed E-state index contributed by atoms with van der Waals surface area (Å²) in [6, 6.07) is 0. The van der Waals surface area contributed by atoms with Crippen LogP contribution in [0.4, 0.5) is 0 Å². The molecule has 0 spiro atoms. The molecule has 2 nitrogen and oxygen atoms in total. The molecule has 0 radical (unpaired) electrons. The van der Waals surface area contributed by atoms with E-state index in [1.807, 2.05) is 0 Å². The van der Waals surface area contributed by atoms with Crippen molar-refractivity contribution in [2.24, 2.45) is 0 Å². The molecule has 0 bridgehead atoms. The van der Waals surface area contributed by atoms with Crippen LogP contribution in [0.3, 0.4) is 0 Å². The Morgan fingerprint density at radius 2 is 2.08 bits per heavy atom. The first-order valence-corrected chi connectivity index (χ1v) is 5.95. The molecule has 0 atom stereocenters. The molecule has 0 aromatic carbocycles. The van der Waals surface area contributed by atoms with Crippen LogP contribution >= 0.6 is 45.8 Å². The maximum Gasteiger partial charge on any atom is 0.146 e. The van der Waals surface area contributed by atoms with E-state index < -0.39 is 0 Å². The van der Waals surface area contributed by atoms with E-state index in [-0.39, 0.29) is 0 Å². The molecular weight excluding hydrogens is 322 g/mol. The molecule has 0 aliphatic heterocycles. The van der Waals surface area contributed by atoms with E-state index in [0.717, 1.165) is 22.1 Å². The molecule has 0 fully saturated rings. The van der Waals surface area contributed by atoms with Crippen LogP contribution in [0.25, 0.3) is 0 Å². The number of hydrogen-bond donors (Lipinski definition) is 0. The number of nitrogens with zero attached hydrogens (tertiary/aromatic N) is 2. The lowest BCUT2D eigenvalue weighted by Crippen LogP contribution is -2.01. The van der Waals surface area contributed by atoms with Crippen LogP contribution in [-0.4, -0.2) is 9.97 Å². The number of halogens is 3. The van der Waals surface area contributed by atoms with E-state index in [0.29, 0.717) is 16.9 Å². The van der Waals surface area contributed by atoms with Gasteiger partial charge in [-0.05, 0) is 29.0 Å². The Morgan fingerprint density at radius 3 is 2.62 bits per heavy atom. The van der Waals surface area contributed by atoms with Gasteiger partial charge in [-0.25, -0.2) is 9.97 Å². The maximum absolute atomic E-state index is 5.92. The highest BCUT2D eigenvalue weighted by Gasteiger charge is 2.08. The molecule has 0 unspecified atom stereocenters. The first kappa shape index (κ1) is 11.5. The van der Waals surface area contributed by atoms with Crippen molar-refractivity contribution in [3.8, 4) is 0 Å². The lowest BCUT2D eigenvalue weighted by molar-refractivity contribution is 0.844. The van der Waals surface area contributed by atoms with E-state index in [4.69, 9.17) is 23.2 Å². The summed E-state index contributed by atoms with van der Waals surface area (Å²) in [5.41, 5.74) is 0.999. The number of alkyl halides is 1. The van der Waals surface area contributed by atoms with Crippen molar-refractivity contribution in [2.75, 3.05) is 0 Å². The minimum Gasteiger partial charge on any atom is -0.235 e. The molecule has 1 heterocycles. The predicted molar refractivity (Wildman–Crippen MR) is 63.3 cm³/mol. The number of hydrogen-bond acceptors (Lipinski definition) is 2. The van der Waals surface area contributed by atoms with Gasteiger partial charge in [-0.15, -0.1) is 11.6 Å². The third kappa shape index (κ3) is 2.92. The fourth-order valence-corrected chi connectivity index (χ4v) is 1.81. The standard InChI is InChI=1S/C8H9Cl2IN2/c1-2-3-5-7(11)8(10)13-6(4-9)12-5/h2-4H2,1H3. The van der Waals surface area contributed by atoms with Gasteiger partial charge in [-0.2, -0.15) is 0 Å². The van der Waals surface area contributed by atoms with Crippen molar-refractivity contribution >= 4 is 45.8 Å².